The maximum atomic E-state index is 12.4. The van der Waals surface area contributed by atoms with E-state index in [0.29, 0.717) is 0 Å². The van der Waals surface area contributed by atoms with Crippen molar-refractivity contribution in [1.82, 2.24) is 9.80 Å². The molecule has 1 amide bonds. The van der Waals surface area contributed by atoms with Crippen molar-refractivity contribution in [2.24, 2.45) is 0 Å². The summed E-state index contributed by atoms with van der Waals surface area (Å²) in [6, 6.07) is 16.3. The van der Waals surface area contributed by atoms with Crippen LogP contribution >= 0.6 is 0 Å². The van der Waals surface area contributed by atoms with E-state index in [4.69, 9.17) is 4.74 Å². The maximum absolute atomic E-state index is 12.4. The van der Waals surface area contributed by atoms with Gasteiger partial charge in [0, 0.05) is 38.8 Å². The molecule has 0 unspecified atom stereocenters. The highest BCUT2D eigenvalue weighted by atomic mass is 16.5. The third-order valence-corrected chi connectivity index (χ3v) is 4.68. The van der Waals surface area contributed by atoms with Crippen LogP contribution in [-0.4, -0.2) is 49.0 Å². The molecule has 1 saturated heterocycles. The van der Waals surface area contributed by atoms with Crippen molar-refractivity contribution >= 4 is 12.0 Å². The molecular weight excluding hydrogens is 324 g/mol. The zero-order valence-corrected chi connectivity index (χ0v) is 15.5. The minimum absolute atomic E-state index is 0.0722. The Hall–Kier alpha value is -2.59. The molecule has 1 fully saturated rings. The Bertz CT molecular complexity index is 777. The molecule has 1 heterocycles. The van der Waals surface area contributed by atoms with Crippen LogP contribution in [0.25, 0.3) is 6.08 Å². The van der Waals surface area contributed by atoms with Gasteiger partial charge in [-0.2, -0.15) is 0 Å². The van der Waals surface area contributed by atoms with Crippen LogP contribution in [0.5, 0.6) is 5.75 Å². The fourth-order valence-corrected chi connectivity index (χ4v) is 3.21. The van der Waals surface area contributed by atoms with E-state index in [1.54, 1.807) is 13.2 Å². The molecule has 1 aliphatic heterocycles. The molecule has 4 nitrogen and oxygen atoms in total. The lowest BCUT2D eigenvalue weighted by atomic mass is 10.1. The monoisotopic (exact) mass is 350 g/mol. The highest BCUT2D eigenvalue weighted by Gasteiger charge is 2.19. The normalized spacial score (nSPS) is 15.4. The molecule has 0 radical (unpaired) electrons. The van der Waals surface area contributed by atoms with Crippen molar-refractivity contribution in [3.63, 3.8) is 0 Å². The van der Waals surface area contributed by atoms with Gasteiger partial charge in [-0.15, -0.1) is 0 Å². The van der Waals surface area contributed by atoms with Crippen LogP contribution in [-0.2, 0) is 11.3 Å². The van der Waals surface area contributed by atoms with E-state index in [2.05, 4.69) is 36.1 Å². The van der Waals surface area contributed by atoms with Gasteiger partial charge >= 0.3 is 0 Å². The van der Waals surface area contributed by atoms with E-state index in [9.17, 15) is 4.79 Å². The van der Waals surface area contributed by atoms with E-state index >= 15 is 0 Å². The molecule has 0 saturated carbocycles. The highest BCUT2D eigenvalue weighted by Crippen LogP contribution is 2.14. The average molecular weight is 350 g/mol. The molecule has 0 aliphatic carbocycles. The third kappa shape index (κ3) is 4.96. The fraction of sp³-hybridized carbons (Fsp3) is 0.318. The molecule has 2 aromatic carbocycles. The van der Waals surface area contributed by atoms with E-state index in [-0.39, 0.29) is 5.91 Å². The molecule has 1 aliphatic rings. The lowest BCUT2D eigenvalue weighted by Gasteiger charge is -2.34. The number of aryl methyl sites for hydroxylation is 1. The van der Waals surface area contributed by atoms with Gasteiger partial charge in [0.1, 0.15) is 5.75 Å². The number of hydrogen-bond donors (Lipinski definition) is 0. The Kier molecular flexibility index (Phi) is 6.08. The molecule has 0 atom stereocenters. The average Bonchev–Trinajstić information content (AvgIpc) is 2.67. The van der Waals surface area contributed by atoms with Gasteiger partial charge in [0.15, 0.2) is 0 Å². The summed E-state index contributed by atoms with van der Waals surface area (Å²) < 4.78 is 5.21. The third-order valence-electron chi connectivity index (χ3n) is 4.68. The zero-order chi connectivity index (χ0) is 18.4. The Morgan fingerprint density at radius 2 is 1.85 bits per heavy atom. The van der Waals surface area contributed by atoms with Crippen molar-refractivity contribution in [1.29, 1.82) is 0 Å². The number of rotatable bonds is 5. The quantitative estimate of drug-likeness (QED) is 0.775. The van der Waals surface area contributed by atoms with E-state index in [0.717, 1.165) is 44.0 Å². The molecule has 0 spiro atoms. The number of carbonyl (C=O) groups is 1. The lowest BCUT2D eigenvalue weighted by Crippen LogP contribution is -2.47. The van der Waals surface area contributed by atoms with Gasteiger partial charge in [-0.3, -0.25) is 9.69 Å². The second-order valence-electron chi connectivity index (χ2n) is 6.70. The smallest absolute Gasteiger partial charge is 0.246 e. The van der Waals surface area contributed by atoms with Crippen LogP contribution in [0.4, 0.5) is 0 Å². The van der Waals surface area contributed by atoms with Crippen molar-refractivity contribution in [2.75, 3.05) is 33.3 Å². The first-order chi connectivity index (χ1) is 12.6. The van der Waals surface area contributed by atoms with E-state index in [1.165, 1.54) is 11.1 Å². The van der Waals surface area contributed by atoms with E-state index in [1.807, 2.05) is 35.2 Å². The zero-order valence-electron chi connectivity index (χ0n) is 15.5. The van der Waals surface area contributed by atoms with Crippen LogP contribution in [0.1, 0.15) is 16.7 Å². The molecule has 2 aromatic rings. The topological polar surface area (TPSA) is 32.8 Å². The second kappa shape index (κ2) is 8.68. The Morgan fingerprint density at radius 3 is 2.58 bits per heavy atom. The number of methoxy groups -OCH3 is 1. The number of piperazine rings is 1. The molecule has 3 rings (SSSR count). The standard InChI is InChI=1S/C22H26N2O2/c1-18-5-3-7-20(15-18)17-23-11-13-24(14-12-23)22(25)10-9-19-6-4-8-21(16-19)26-2/h3-10,15-16H,11-14,17H2,1-2H3/b10-9+. The minimum atomic E-state index is 0.0722. The molecule has 136 valence electrons. The summed E-state index contributed by atoms with van der Waals surface area (Å²) in [7, 11) is 1.64. The van der Waals surface area contributed by atoms with Crippen molar-refractivity contribution in [3.8, 4) is 5.75 Å². The summed E-state index contributed by atoms with van der Waals surface area (Å²) in [5, 5.41) is 0. The predicted molar refractivity (Wildman–Crippen MR) is 105 cm³/mol. The first-order valence-electron chi connectivity index (χ1n) is 9.03. The number of ether oxygens (including phenoxy) is 1. The molecule has 0 N–H and O–H groups in total. The van der Waals surface area contributed by atoms with Gasteiger partial charge in [0.25, 0.3) is 0 Å². The fourth-order valence-electron chi connectivity index (χ4n) is 3.21. The lowest BCUT2D eigenvalue weighted by molar-refractivity contribution is -0.127. The highest BCUT2D eigenvalue weighted by molar-refractivity contribution is 5.91. The summed E-state index contributed by atoms with van der Waals surface area (Å²) in [4.78, 5) is 16.8. The van der Waals surface area contributed by atoms with Gasteiger partial charge in [0.2, 0.25) is 5.91 Å². The Balaban J connectivity index is 1.51. The van der Waals surface area contributed by atoms with Gasteiger partial charge in [-0.25, -0.2) is 0 Å². The predicted octanol–water partition coefficient (Wildman–Crippen LogP) is 3.36. The minimum Gasteiger partial charge on any atom is -0.497 e. The first kappa shape index (κ1) is 18.2. The van der Waals surface area contributed by atoms with Crippen LogP contribution in [0.3, 0.4) is 0 Å². The number of hydrogen-bond acceptors (Lipinski definition) is 3. The summed E-state index contributed by atoms with van der Waals surface area (Å²) in [5.41, 5.74) is 3.59. The van der Waals surface area contributed by atoms with Gasteiger partial charge in [-0.05, 0) is 36.3 Å². The summed E-state index contributed by atoms with van der Waals surface area (Å²) in [6.07, 6.45) is 3.51. The Labute approximate surface area is 155 Å². The number of nitrogens with zero attached hydrogens (tertiary/aromatic N) is 2. The summed E-state index contributed by atoms with van der Waals surface area (Å²) >= 11 is 0. The van der Waals surface area contributed by atoms with E-state index < -0.39 is 0 Å². The molecular formula is C22H26N2O2. The second-order valence-corrected chi connectivity index (χ2v) is 6.70. The van der Waals surface area contributed by atoms with Crippen molar-refractivity contribution in [2.45, 2.75) is 13.5 Å². The number of carbonyl (C=O) groups excluding carboxylic acids is 1. The number of amides is 1. The van der Waals surface area contributed by atoms with Crippen molar-refractivity contribution in [3.05, 3.63) is 71.3 Å². The van der Waals surface area contributed by atoms with Crippen LogP contribution in [0.15, 0.2) is 54.6 Å². The molecule has 26 heavy (non-hydrogen) atoms. The molecule has 4 heteroatoms. The first-order valence-corrected chi connectivity index (χ1v) is 9.03. The summed E-state index contributed by atoms with van der Waals surface area (Å²) in [5.74, 6) is 0.868. The molecule has 0 bridgehead atoms. The van der Waals surface area contributed by atoms with Gasteiger partial charge in [0.05, 0.1) is 7.11 Å². The maximum Gasteiger partial charge on any atom is 0.246 e. The molecule has 0 aromatic heterocycles. The SMILES string of the molecule is COc1cccc(/C=C/C(=O)N2CCN(Cc3cccc(C)c3)CC2)c1. The Morgan fingerprint density at radius 1 is 1.08 bits per heavy atom. The largest absolute Gasteiger partial charge is 0.497 e. The number of benzene rings is 2. The van der Waals surface area contributed by atoms with Gasteiger partial charge < -0.3 is 9.64 Å². The summed E-state index contributed by atoms with van der Waals surface area (Å²) in [6.45, 7) is 6.43. The van der Waals surface area contributed by atoms with Crippen LogP contribution in [0.2, 0.25) is 0 Å². The van der Waals surface area contributed by atoms with Crippen LogP contribution < -0.4 is 4.74 Å². The van der Waals surface area contributed by atoms with Crippen LogP contribution in [0, 0.1) is 6.92 Å². The van der Waals surface area contributed by atoms with Gasteiger partial charge in [-0.1, -0.05) is 42.0 Å². The van der Waals surface area contributed by atoms with Crippen molar-refractivity contribution < 1.29 is 9.53 Å².